The molecule has 3 heterocycles. The van der Waals surface area contributed by atoms with Gasteiger partial charge >= 0.3 is 0 Å². The molecule has 4 rings (SSSR count). The molecule has 2 aromatic heterocycles. The molecule has 23 heavy (non-hydrogen) atoms. The first-order chi connectivity index (χ1) is 11.1. The van der Waals surface area contributed by atoms with E-state index in [0.717, 1.165) is 33.8 Å². The van der Waals surface area contributed by atoms with Crippen LogP contribution in [0.25, 0.3) is 11.3 Å². The van der Waals surface area contributed by atoms with Crippen LogP contribution in [0.15, 0.2) is 45.0 Å². The standard InChI is InChI=1S/C15H10Cl2N4OS/c1-8-18-19-15-21(8)20-12(7-23-15)14-5-4-13(22-14)9-2-3-10(16)11(17)6-9/h2-6H,7H2,1H3. The Morgan fingerprint density at radius 3 is 2.74 bits per heavy atom. The second kappa shape index (κ2) is 5.70. The molecule has 1 aromatic carbocycles. The van der Waals surface area contributed by atoms with Gasteiger partial charge in [-0.2, -0.15) is 9.78 Å². The quantitative estimate of drug-likeness (QED) is 0.670. The van der Waals surface area contributed by atoms with E-state index in [4.69, 9.17) is 27.6 Å². The Morgan fingerprint density at radius 1 is 1.09 bits per heavy atom. The zero-order valence-corrected chi connectivity index (χ0v) is 14.3. The summed E-state index contributed by atoms with van der Waals surface area (Å²) in [5.41, 5.74) is 1.72. The third-order valence-electron chi connectivity index (χ3n) is 3.42. The Morgan fingerprint density at radius 2 is 1.91 bits per heavy atom. The van der Waals surface area contributed by atoms with Gasteiger partial charge in [0.1, 0.15) is 11.5 Å². The second-order valence-electron chi connectivity index (χ2n) is 4.97. The molecule has 116 valence electrons. The van der Waals surface area contributed by atoms with Crippen molar-refractivity contribution in [3.05, 3.63) is 52.0 Å². The lowest BCUT2D eigenvalue weighted by Gasteiger charge is -2.11. The summed E-state index contributed by atoms with van der Waals surface area (Å²) in [4.78, 5) is 0. The molecule has 5 nitrogen and oxygen atoms in total. The zero-order chi connectivity index (χ0) is 16.0. The van der Waals surface area contributed by atoms with Crippen molar-refractivity contribution < 1.29 is 4.42 Å². The number of aryl methyl sites for hydroxylation is 1. The first-order valence-corrected chi connectivity index (χ1v) is 8.54. The SMILES string of the molecule is Cc1nnc2n1N=C(c1ccc(-c3ccc(Cl)c(Cl)c3)o1)CS2. The van der Waals surface area contributed by atoms with Crippen LogP contribution in [0.4, 0.5) is 0 Å². The Kier molecular flexibility index (Phi) is 3.67. The minimum atomic E-state index is 0.498. The summed E-state index contributed by atoms with van der Waals surface area (Å²) >= 11 is 13.6. The van der Waals surface area contributed by atoms with E-state index in [1.54, 1.807) is 28.6 Å². The van der Waals surface area contributed by atoms with Gasteiger partial charge in [-0.15, -0.1) is 10.2 Å². The van der Waals surface area contributed by atoms with E-state index >= 15 is 0 Å². The van der Waals surface area contributed by atoms with Crippen LogP contribution in [-0.2, 0) is 0 Å². The molecule has 0 saturated carbocycles. The number of halogens is 2. The third kappa shape index (κ3) is 2.67. The van der Waals surface area contributed by atoms with Gasteiger partial charge in [0.2, 0.25) is 5.16 Å². The first kappa shape index (κ1) is 14.8. The van der Waals surface area contributed by atoms with Crippen LogP contribution < -0.4 is 0 Å². The fourth-order valence-corrected chi connectivity index (χ4v) is 3.40. The molecule has 0 spiro atoms. The molecular formula is C15H10Cl2N4OS. The number of benzene rings is 1. The van der Waals surface area contributed by atoms with Crippen molar-refractivity contribution in [2.24, 2.45) is 5.10 Å². The topological polar surface area (TPSA) is 56.2 Å². The van der Waals surface area contributed by atoms with Gasteiger partial charge in [-0.25, -0.2) is 0 Å². The Balaban J connectivity index is 1.70. The van der Waals surface area contributed by atoms with Gasteiger partial charge in [0.25, 0.3) is 0 Å². The average molecular weight is 365 g/mol. The van der Waals surface area contributed by atoms with Gasteiger partial charge in [0.15, 0.2) is 11.6 Å². The number of thioether (sulfide) groups is 1. The van der Waals surface area contributed by atoms with Crippen molar-refractivity contribution in [2.75, 3.05) is 5.75 Å². The van der Waals surface area contributed by atoms with Crippen molar-refractivity contribution in [1.29, 1.82) is 0 Å². The number of fused-ring (bicyclic) bond motifs is 1. The number of hydrogen-bond acceptors (Lipinski definition) is 5. The maximum absolute atomic E-state index is 6.06. The van der Waals surface area contributed by atoms with Crippen molar-refractivity contribution in [1.82, 2.24) is 14.9 Å². The van der Waals surface area contributed by atoms with Crippen LogP contribution in [0.5, 0.6) is 0 Å². The lowest BCUT2D eigenvalue weighted by molar-refractivity contribution is 0.569. The van der Waals surface area contributed by atoms with Crippen molar-refractivity contribution >= 4 is 40.7 Å². The molecule has 0 radical (unpaired) electrons. The molecule has 8 heteroatoms. The molecule has 0 unspecified atom stereocenters. The lowest BCUT2D eigenvalue weighted by atomic mass is 10.2. The molecule has 0 fully saturated rings. The highest BCUT2D eigenvalue weighted by Crippen LogP contribution is 2.31. The van der Waals surface area contributed by atoms with E-state index in [9.17, 15) is 0 Å². The van der Waals surface area contributed by atoms with Gasteiger partial charge < -0.3 is 4.42 Å². The summed E-state index contributed by atoms with van der Waals surface area (Å²) in [5, 5.41) is 14.5. The first-order valence-electron chi connectivity index (χ1n) is 6.80. The lowest BCUT2D eigenvalue weighted by Crippen LogP contribution is -2.13. The van der Waals surface area contributed by atoms with Gasteiger partial charge in [0, 0.05) is 11.3 Å². The molecule has 0 bridgehead atoms. The smallest absolute Gasteiger partial charge is 0.212 e. The predicted octanol–water partition coefficient (Wildman–Crippen LogP) is 4.51. The van der Waals surface area contributed by atoms with E-state index in [-0.39, 0.29) is 0 Å². The Labute approximate surface area is 146 Å². The molecule has 0 amide bonds. The second-order valence-corrected chi connectivity index (χ2v) is 6.73. The van der Waals surface area contributed by atoms with Gasteiger partial charge in [-0.05, 0) is 37.3 Å². The number of furan rings is 1. The zero-order valence-electron chi connectivity index (χ0n) is 12.0. The monoisotopic (exact) mass is 364 g/mol. The summed E-state index contributed by atoms with van der Waals surface area (Å²) in [7, 11) is 0. The summed E-state index contributed by atoms with van der Waals surface area (Å²) in [6.07, 6.45) is 0. The Hall–Kier alpha value is -1.76. The predicted molar refractivity (Wildman–Crippen MR) is 91.6 cm³/mol. The van der Waals surface area contributed by atoms with Crippen molar-refractivity contribution in [3.63, 3.8) is 0 Å². The maximum Gasteiger partial charge on any atom is 0.212 e. The summed E-state index contributed by atoms with van der Waals surface area (Å²) < 4.78 is 7.66. The Bertz CT molecular complexity index is 931. The van der Waals surface area contributed by atoms with E-state index in [1.807, 2.05) is 25.1 Å². The number of nitrogens with zero attached hydrogens (tertiary/aromatic N) is 4. The maximum atomic E-state index is 6.06. The molecule has 0 aliphatic carbocycles. The van der Waals surface area contributed by atoms with Crippen LogP contribution in [0.2, 0.25) is 10.0 Å². The molecule has 1 aliphatic rings. The molecule has 1 aliphatic heterocycles. The largest absolute Gasteiger partial charge is 0.455 e. The van der Waals surface area contributed by atoms with E-state index in [0.29, 0.717) is 15.8 Å². The summed E-state index contributed by atoms with van der Waals surface area (Å²) in [6, 6.07) is 9.21. The van der Waals surface area contributed by atoms with Crippen molar-refractivity contribution in [2.45, 2.75) is 12.1 Å². The van der Waals surface area contributed by atoms with E-state index in [1.165, 1.54) is 0 Å². The normalized spacial score (nSPS) is 13.8. The third-order valence-corrected chi connectivity index (χ3v) is 5.09. The van der Waals surface area contributed by atoms with Gasteiger partial charge in [-0.3, -0.25) is 0 Å². The summed E-state index contributed by atoms with van der Waals surface area (Å²) in [5.74, 6) is 2.88. The molecular weight excluding hydrogens is 355 g/mol. The number of hydrogen-bond donors (Lipinski definition) is 0. The van der Waals surface area contributed by atoms with Crippen LogP contribution in [0.3, 0.4) is 0 Å². The minimum Gasteiger partial charge on any atom is -0.455 e. The van der Waals surface area contributed by atoms with E-state index in [2.05, 4.69) is 15.3 Å². The van der Waals surface area contributed by atoms with Gasteiger partial charge in [0.05, 0.1) is 10.0 Å². The molecule has 3 aromatic rings. The highest BCUT2D eigenvalue weighted by Gasteiger charge is 2.20. The summed E-state index contributed by atoms with van der Waals surface area (Å²) in [6.45, 7) is 1.87. The highest BCUT2D eigenvalue weighted by molar-refractivity contribution is 7.99. The fourth-order valence-electron chi connectivity index (χ4n) is 2.24. The molecule has 0 N–H and O–H groups in total. The van der Waals surface area contributed by atoms with Gasteiger partial charge in [-0.1, -0.05) is 35.0 Å². The van der Waals surface area contributed by atoms with Crippen LogP contribution in [-0.4, -0.2) is 26.3 Å². The number of aromatic nitrogens is 3. The highest BCUT2D eigenvalue weighted by atomic mass is 35.5. The van der Waals surface area contributed by atoms with Crippen LogP contribution in [0, 0.1) is 6.92 Å². The number of rotatable bonds is 2. The van der Waals surface area contributed by atoms with Crippen LogP contribution in [0.1, 0.15) is 11.6 Å². The van der Waals surface area contributed by atoms with E-state index < -0.39 is 0 Å². The van der Waals surface area contributed by atoms with Crippen molar-refractivity contribution in [3.8, 4) is 11.3 Å². The fraction of sp³-hybridized carbons (Fsp3) is 0.133. The minimum absolute atomic E-state index is 0.498. The van der Waals surface area contributed by atoms with Crippen LogP contribution >= 0.6 is 35.0 Å². The molecule has 0 saturated heterocycles. The average Bonchev–Trinajstić information content (AvgIpc) is 3.17. The molecule has 0 atom stereocenters.